The van der Waals surface area contributed by atoms with Crippen LogP contribution in [0.5, 0.6) is 0 Å². The van der Waals surface area contributed by atoms with Crippen molar-refractivity contribution in [1.82, 2.24) is 5.16 Å². The molecule has 1 atom stereocenters. The van der Waals surface area contributed by atoms with Gasteiger partial charge < -0.3 is 14.9 Å². The fourth-order valence-corrected chi connectivity index (χ4v) is 3.95. The summed E-state index contributed by atoms with van der Waals surface area (Å²) in [6.45, 7) is 2.82. The quantitative estimate of drug-likeness (QED) is 0.521. The van der Waals surface area contributed by atoms with E-state index in [9.17, 15) is 27.9 Å². The number of anilines is 1. The molecule has 170 valence electrons. The molecule has 0 spiro atoms. The number of rotatable bonds is 5. The molecule has 0 fully saturated rings. The predicted molar refractivity (Wildman–Crippen MR) is 114 cm³/mol. The molecule has 11 heteroatoms. The van der Waals surface area contributed by atoms with Gasteiger partial charge in [0.2, 0.25) is 5.60 Å². The average molecular weight is 489 g/mol. The first-order valence-corrected chi connectivity index (χ1v) is 9.95. The number of nitrogens with one attached hydrogen (secondary N) is 1. The third-order valence-electron chi connectivity index (χ3n) is 5.06. The zero-order valence-electron chi connectivity index (χ0n) is 16.8. The Morgan fingerprint density at radius 1 is 1.16 bits per heavy atom. The number of hydrogen-bond donors (Lipinski definition) is 2. The number of aromatic nitrogens is 1. The van der Waals surface area contributed by atoms with Crippen molar-refractivity contribution in [2.75, 3.05) is 5.32 Å². The maximum Gasteiger partial charge on any atom is 0.426 e. The predicted octanol–water partition coefficient (Wildman–Crippen LogP) is 5.09. The molecule has 6 nitrogen and oxygen atoms in total. The minimum atomic E-state index is -5.31. The number of nitrogens with zero attached hydrogens (tertiary/aromatic N) is 1. The number of carbonyl (C=O) groups excluding carboxylic acids is 1. The zero-order valence-corrected chi connectivity index (χ0v) is 18.3. The van der Waals surface area contributed by atoms with Crippen molar-refractivity contribution in [2.24, 2.45) is 0 Å². The van der Waals surface area contributed by atoms with Crippen LogP contribution >= 0.6 is 23.2 Å². The second kappa shape index (κ2) is 8.38. The van der Waals surface area contributed by atoms with Gasteiger partial charge in [0, 0.05) is 27.5 Å². The molecule has 0 saturated heterocycles. The van der Waals surface area contributed by atoms with Gasteiger partial charge >= 0.3 is 11.8 Å². The Balaban J connectivity index is 1.97. The van der Waals surface area contributed by atoms with Crippen molar-refractivity contribution >= 4 is 45.6 Å². The van der Waals surface area contributed by atoms with E-state index < -0.39 is 35.1 Å². The lowest BCUT2D eigenvalue weighted by Crippen LogP contribution is -2.57. The smallest absolute Gasteiger partial charge is 0.373 e. The summed E-state index contributed by atoms with van der Waals surface area (Å²) in [6, 6.07) is 8.01. The number of benzene rings is 2. The molecule has 0 saturated carbocycles. The lowest BCUT2D eigenvalue weighted by atomic mass is 9.74. The Morgan fingerprint density at radius 3 is 2.50 bits per heavy atom. The average Bonchev–Trinajstić information content (AvgIpc) is 2.68. The monoisotopic (exact) mass is 488 g/mol. The standard InChI is InChI=1S/C21H17Cl2F3N2O4/c1-19(2,15-8-12(22)3-6-16(15)23)10-20(31,21(24,25)26)18(30)28-13-4-5-14-11(7-13)9-27-32-17(14)29/h3-9,31H,10H2,1-2H3,(H,28,30). The second-order valence-electron chi connectivity index (χ2n) is 7.91. The fourth-order valence-electron chi connectivity index (χ4n) is 3.41. The summed E-state index contributed by atoms with van der Waals surface area (Å²) < 4.78 is 46.3. The normalized spacial score (nSPS) is 14.2. The van der Waals surface area contributed by atoms with Gasteiger partial charge in [-0.25, -0.2) is 4.79 Å². The Labute approximate surface area is 189 Å². The third kappa shape index (κ3) is 4.60. The first-order chi connectivity index (χ1) is 14.7. The van der Waals surface area contributed by atoms with Crippen molar-refractivity contribution in [3.05, 3.63) is 68.6 Å². The van der Waals surface area contributed by atoms with Crippen LogP contribution in [0.15, 0.2) is 51.9 Å². The molecule has 3 rings (SSSR count). The largest absolute Gasteiger partial charge is 0.426 e. The van der Waals surface area contributed by atoms with Gasteiger partial charge in [0.15, 0.2) is 0 Å². The molecule has 1 unspecified atom stereocenters. The fraction of sp³-hybridized carbons (Fsp3) is 0.286. The van der Waals surface area contributed by atoms with Crippen LogP contribution < -0.4 is 10.9 Å². The number of amides is 1. The molecule has 0 bridgehead atoms. The number of fused-ring (bicyclic) bond motifs is 1. The number of halogens is 5. The molecular formula is C21H17Cl2F3N2O4. The summed E-state index contributed by atoms with van der Waals surface area (Å²) in [5, 5.41) is 16.8. The summed E-state index contributed by atoms with van der Waals surface area (Å²) in [5.74, 6) is -1.69. The van der Waals surface area contributed by atoms with Gasteiger partial charge in [0.1, 0.15) is 0 Å². The first-order valence-electron chi connectivity index (χ1n) is 9.19. The molecule has 0 aliphatic carbocycles. The Morgan fingerprint density at radius 2 is 1.84 bits per heavy atom. The van der Waals surface area contributed by atoms with Gasteiger partial charge in [-0.05, 0) is 47.4 Å². The number of hydrogen-bond acceptors (Lipinski definition) is 5. The van der Waals surface area contributed by atoms with Crippen molar-refractivity contribution in [3.8, 4) is 0 Å². The Hall–Kier alpha value is -2.62. The van der Waals surface area contributed by atoms with E-state index in [1.807, 2.05) is 0 Å². The molecule has 2 aromatic carbocycles. The van der Waals surface area contributed by atoms with Gasteiger partial charge in [-0.2, -0.15) is 13.2 Å². The van der Waals surface area contributed by atoms with Crippen LogP contribution in [0.4, 0.5) is 18.9 Å². The zero-order chi connectivity index (χ0) is 23.9. The lowest BCUT2D eigenvalue weighted by molar-refractivity contribution is -0.254. The van der Waals surface area contributed by atoms with Gasteiger partial charge in [0.05, 0.1) is 11.6 Å². The molecule has 3 aromatic rings. The van der Waals surface area contributed by atoms with E-state index in [1.165, 1.54) is 56.4 Å². The first kappa shape index (κ1) is 24.0. The van der Waals surface area contributed by atoms with Crippen molar-refractivity contribution in [2.45, 2.75) is 37.5 Å². The topological polar surface area (TPSA) is 92.4 Å². The molecule has 1 heterocycles. The molecule has 0 aliphatic rings. The highest BCUT2D eigenvalue weighted by Gasteiger charge is 2.61. The molecule has 0 aliphatic heterocycles. The maximum absolute atomic E-state index is 14.0. The molecular weight excluding hydrogens is 472 g/mol. The summed E-state index contributed by atoms with van der Waals surface area (Å²) in [5.41, 5.74) is -5.73. The summed E-state index contributed by atoms with van der Waals surface area (Å²) in [7, 11) is 0. The van der Waals surface area contributed by atoms with Crippen LogP contribution in [-0.4, -0.2) is 27.9 Å². The van der Waals surface area contributed by atoms with Gasteiger partial charge in [-0.15, -0.1) is 0 Å². The maximum atomic E-state index is 14.0. The molecule has 1 aromatic heterocycles. The lowest BCUT2D eigenvalue weighted by Gasteiger charge is -2.37. The number of aliphatic hydroxyl groups is 1. The van der Waals surface area contributed by atoms with E-state index in [2.05, 4.69) is 15.0 Å². The molecule has 1 amide bonds. The van der Waals surface area contributed by atoms with E-state index >= 15 is 0 Å². The summed E-state index contributed by atoms with van der Waals surface area (Å²) in [4.78, 5) is 24.3. The second-order valence-corrected chi connectivity index (χ2v) is 8.76. The molecule has 2 N–H and O–H groups in total. The van der Waals surface area contributed by atoms with Crippen LogP contribution in [0.3, 0.4) is 0 Å². The third-order valence-corrected chi connectivity index (χ3v) is 5.62. The number of alkyl halides is 3. The van der Waals surface area contributed by atoms with E-state index in [-0.39, 0.29) is 32.1 Å². The molecule has 0 radical (unpaired) electrons. The van der Waals surface area contributed by atoms with E-state index in [0.717, 1.165) is 0 Å². The van der Waals surface area contributed by atoms with E-state index in [4.69, 9.17) is 23.2 Å². The van der Waals surface area contributed by atoms with E-state index in [0.29, 0.717) is 0 Å². The van der Waals surface area contributed by atoms with E-state index in [1.54, 1.807) is 0 Å². The Kier molecular flexibility index (Phi) is 6.29. The van der Waals surface area contributed by atoms with Crippen LogP contribution in [0.25, 0.3) is 10.8 Å². The van der Waals surface area contributed by atoms with Crippen molar-refractivity contribution < 1.29 is 27.6 Å². The van der Waals surface area contributed by atoms with Crippen LogP contribution in [0, 0.1) is 0 Å². The minimum Gasteiger partial charge on any atom is -0.373 e. The highest BCUT2D eigenvalue weighted by atomic mass is 35.5. The van der Waals surface area contributed by atoms with Gasteiger partial charge in [-0.3, -0.25) is 4.79 Å². The highest BCUT2D eigenvalue weighted by Crippen LogP contribution is 2.44. The molecule has 32 heavy (non-hydrogen) atoms. The van der Waals surface area contributed by atoms with Crippen LogP contribution in [-0.2, 0) is 10.2 Å². The van der Waals surface area contributed by atoms with Crippen LogP contribution in [0.1, 0.15) is 25.8 Å². The highest BCUT2D eigenvalue weighted by molar-refractivity contribution is 6.33. The Bertz CT molecular complexity index is 1240. The summed E-state index contributed by atoms with van der Waals surface area (Å²) in [6.07, 6.45) is -5.17. The SMILES string of the molecule is CC(C)(CC(O)(C(=O)Nc1ccc2c(=O)oncc2c1)C(F)(F)F)c1cc(Cl)ccc1Cl. The van der Waals surface area contributed by atoms with Crippen molar-refractivity contribution in [3.63, 3.8) is 0 Å². The van der Waals surface area contributed by atoms with Gasteiger partial charge in [-0.1, -0.05) is 42.2 Å². The summed E-state index contributed by atoms with van der Waals surface area (Å²) >= 11 is 12.1. The van der Waals surface area contributed by atoms with Crippen LogP contribution in [0.2, 0.25) is 10.0 Å². The number of carbonyl (C=O) groups is 1. The minimum absolute atomic E-state index is 0.0730. The van der Waals surface area contributed by atoms with Gasteiger partial charge in [0.25, 0.3) is 5.91 Å². The van der Waals surface area contributed by atoms with Crippen molar-refractivity contribution in [1.29, 1.82) is 0 Å².